The first-order valence-electron chi connectivity index (χ1n) is 6.98. The lowest BCUT2D eigenvalue weighted by Crippen LogP contribution is -2.55. The van der Waals surface area contributed by atoms with Crippen LogP contribution >= 0.6 is 0 Å². The van der Waals surface area contributed by atoms with Gasteiger partial charge < -0.3 is 10.1 Å². The molecule has 2 heterocycles. The molecule has 1 atom stereocenters. The lowest BCUT2D eigenvalue weighted by Gasteiger charge is -2.45. The molecule has 0 bridgehead atoms. The number of nitrogens with one attached hydrogen (secondary N) is 1. The Labute approximate surface area is 116 Å². The molecular weight excluding hydrogens is 238 g/mol. The molecule has 0 aliphatic carbocycles. The molecule has 1 saturated heterocycles. The molecule has 1 aliphatic rings. The molecule has 1 aromatic heterocycles. The Morgan fingerprint density at radius 2 is 2.00 bits per heavy atom. The molecule has 0 aromatic carbocycles. The van der Waals surface area contributed by atoms with Crippen molar-refractivity contribution in [1.82, 2.24) is 15.2 Å². The third-order valence-corrected chi connectivity index (χ3v) is 4.09. The SMILES string of the molecule is CNC(c1ccc(C)nc1)C(C)(C)N1CCOCC1. The molecule has 1 aromatic rings. The number of aryl methyl sites for hydroxylation is 1. The average Bonchev–Trinajstić information content (AvgIpc) is 2.42. The molecule has 4 heteroatoms. The number of morpholine rings is 1. The quantitative estimate of drug-likeness (QED) is 0.898. The fraction of sp³-hybridized carbons (Fsp3) is 0.667. The highest BCUT2D eigenvalue weighted by atomic mass is 16.5. The smallest absolute Gasteiger partial charge is 0.0594 e. The van der Waals surface area contributed by atoms with E-state index in [1.54, 1.807) is 0 Å². The van der Waals surface area contributed by atoms with Gasteiger partial charge in [-0.3, -0.25) is 9.88 Å². The van der Waals surface area contributed by atoms with E-state index >= 15 is 0 Å². The van der Waals surface area contributed by atoms with Gasteiger partial charge in [0, 0.05) is 30.5 Å². The monoisotopic (exact) mass is 263 g/mol. The van der Waals surface area contributed by atoms with Crippen molar-refractivity contribution in [1.29, 1.82) is 0 Å². The minimum Gasteiger partial charge on any atom is -0.379 e. The molecule has 4 nitrogen and oxygen atoms in total. The first kappa shape index (κ1) is 14.4. The normalized spacial score (nSPS) is 19.4. The molecule has 1 N–H and O–H groups in total. The van der Waals surface area contributed by atoms with Crippen LogP contribution in [0.4, 0.5) is 0 Å². The van der Waals surface area contributed by atoms with Crippen LogP contribution in [0.2, 0.25) is 0 Å². The second-order valence-corrected chi connectivity index (χ2v) is 5.71. The van der Waals surface area contributed by atoms with Crippen LogP contribution < -0.4 is 5.32 Å². The zero-order chi connectivity index (χ0) is 13.9. The maximum absolute atomic E-state index is 5.46. The van der Waals surface area contributed by atoms with Crippen LogP contribution in [0.1, 0.15) is 31.1 Å². The molecule has 0 spiro atoms. The van der Waals surface area contributed by atoms with Gasteiger partial charge in [-0.05, 0) is 39.4 Å². The van der Waals surface area contributed by atoms with Crippen LogP contribution in [0.15, 0.2) is 18.3 Å². The standard InChI is InChI=1S/C15H25N3O/c1-12-5-6-13(11-17-12)14(16-4)15(2,3)18-7-9-19-10-8-18/h5-6,11,14,16H,7-10H2,1-4H3. The molecule has 1 unspecified atom stereocenters. The Morgan fingerprint density at radius 3 is 2.53 bits per heavy atom. The Bertz CT molecular complexity index is 396. The second-order valence-electron chi connectivity index (χ2n) is 5.71. The predicted molar refractivity (Wildman–Crippen MR) is 77.2 cm³/mol. The number of aromatic nitrogens is 1. The Morgan fingerprint density at radius 1 is 1.32 bits per heavy atom. The highest BCUT2D eigenvalue weighted by Crippen LogP contribution is 2.31. The largest absolute Gasteiger partial charge is 0.379 e. The Balaban J connectivity index is 2.21. The number of rotatable bonds is 4. The lowest BCUT2D eigenvalue weighted by molar-refractivity contribution is -0.0229. The fourth-order valence-corrected chi connectivity index (χ4v) is 2.90. The van der Waals surface area contributed by atoms with Gasteiger partial charge in [0.15, 0.2) is 0 Å². The molecule has 2 rings (SSSR count). The van der Waals surface area contributed by atoms with Crippen LogP contribution in [-0.2, 0) is 4.74 Å². The highest BCUT2D eigenvalue weighted by molar-refractivity contribution is 5.21. The topological polar surface area (TPSA) is 37.4 Å². The van der Waals surface area contributed by atoms with E-state index in [2.05, 4.69) is 41.2 Å². The fourth-order valence-electron chi connectivity index (χ4n) is 2.90. The van der Waals surface area contributed by atoms with E-state index in [4.69, 9.17) is 4.74 Å². The van der Waals surface area contributed by atoms with Crippen LogP contribution in [0.5, 0.6) is 0 Å². The Hall–Kier alpha value is -0.970. The van der Waals surface area contributed by atoms with E-state index in [1.165, 1.54) is 5.56 Å². The molecule has 106 valence electrons. The summed E-state index contributed by atoms with van der Waals surface area (Å²) < 4.78 is 5.46. The van der Waals surface area contributed by atoms with Crippen LogP contribution in [0.25, 0.3) is 0 Å². The van der Waals surface area contributed by atoms with Gasteiger partial charge in [0.05, 0.1) is 19.3 Å². The average molecular weight is 263 g/mol. The third-order valence-electron chi connectivity index (χ3n) is 4.09. The minimum atomic E-state index is 0.0372. The lowest BCUT2D eigenvalue weighted by atomic mass is 9.87. The van der Waals surface area contributed by atoms with Gasteiger partial charge in [-0.2, -0.15) is 0 Å². The van der Waals surface area contributed by atoms with E-state index in [-0.39, 0.29) is 11.6 Å². The van der Waals surface area contributed by atoms with Crippen molar-refractivity contribution >= 4 is 0 Å². The maximum atomic E-state index is 5.46. The first-order chi connectivity index (χ1) is 9.05. The van der Waals surface area contributed by atoms with Gasteiger partial charge in [0.2, 0.25) is 0 Å². The van der Waals surface area contributed by atoms with E-state index in [0.717, 1.165) is 32.0 Å². The molecule has 1 aliphatic heterocycles. The summed E-state index contributed by atoms with van der Waals surface area (Å²) in [7, 11) is 2.02. The summed E-state index contributed by atoms with van der Waals surface area (Å²) in [4.78, 5) is 6.92. The zero-order valence-corrected chi connectivity index (χ0v) is 12.4. The summed E-state index contributed by atoms with van der Waals surface area (Å²) >= 11 is 0. The number of hydrogen-bond acceptors (Lipinski definition) is 4. The summed E-state index contributed by atoms with van der Waals surface area (Å²) in [6.45, 7) is 10.2. The molecular formula is C15H25N3O. The first-order valence-corrected chi connectivity index (χ1v) is 6.98. The molecule has 19 heavy (non-hydrogen) atoms. The molecule has 0 amide bonds. The van der Waals surface area contributed by atoms with Gasteiger partial charge in [-0.25, -0.2) is 0 Å². The van der Waals surface area contributed by atoms with Crippen molar-refractivity contribution in [3.63, 3.8) is 0 Å². The van der Waals surface area contributed by atoms with Gasteiger partial charge in [0.1, 0.15) is 0 Å². The minimum absolute atomic E-state index is 0.0372. The number of ether oxygens (including phenoxy) is 1. The van der Waals surface area contributed by atoms with Crippen LogP contribution in [0, 0.1) is 6.92 Å². The van der Waals surface area contributed by atoms with Crippen molar-refractivity contribution in [2.24, 2.45) is 0 Å². The third kappa shape index (κ3) is 3.14. The van der Waals surface area contributed by atoms with Crippen LogP contribution in [-0.4, -0.2) is 48.8 Å². The van der Waals surface area contributed by atoms with Crippen molar-refractivity contribution < 1.29 is 4.74 Å². The van der Waals surface area contributed by atoms with Gasteiger partial charge in [0.25, 0.3) is 0 Å². The summed E-state index contributed by atoms with van der Waals surface area (Å²) in [5.41, 5.74) is 2.34. The van der Waals surface area contributed by atoms with Gasteiger partial charge in [-0.1, -0.05) is 6.07 Å². The summed E-state index contributed by atoms with van der Waals surface area (Å²) in [6, 6.07) is 4.51. The Kier molecular flexibility index (Phi) is 4.55. The summed E-state index contributed by atoms with van der Waals surface area (Å²) in [5, 5.41) is 3.45. The van der Waals surface area contributed by atoms with Crippen molar-refractivity contribution in [3.8, 4) is 0 Å². The highest BCUT2D eigenvalue weighted by Gasteiger charge is 2.36. The number of nitrogens with zero attached hydrogens (tertiary/aromatic N) is 2. The van der Waals surface area contributed by atoms with Crippen molar-refractivity contribution in [2.45, 2.75) is 32.4 Å². The molecule has 0 saturated carbocycles. The summed E-state index contributed by atoms with van der Waals surface area (Å²) in [5.74, 6) is 0. The summed E-state index contributed by atoms with van der Waals surface area (Å²) in [6.07, 6.45) is 1.98. The zero-order valence-electron chi connectivity index (χ0n) is 12.4. The second kappa shape index (κ2) is 5.99. The van der Waals surface area contributed by atoms with Gasteiger partial charge >= 0.3 is 0 Å². The number of hydrogen-bond donors (Lipinski definition) is 1. The maximum Gasteiger partial charge on any atom is 0.0594 e. The van der Waals surface area contributed by atoms with E-state index in [0.29, 0.717) is 0 Å². The van der Waals surface area contributed by atoms with E-state index in [9.17, 15) is 0 Å². The predicted octanol–water partition coefficient (Wildman–Crippen LogP) is 1.76. The number of pyridine rings is 1. The van der Waals surface area contributed by atoms with Gasteiger partial charge in [-0.15, -0.1) is 0 Å². The van der Waals surface area contributed by atoms with Crippen LogP contribution in [0.3, 0.4) is 0 Å². The van der Waals surface area contributed by atoms with E-state index in [1.807, 2.05) is 20.2 Å². The van der Waals surface area contributed by atoms with Crippen molar-refractivity contribution in [3.05, 3.63) is 29.6 Å². The number of likely N-dealkylation sites (N-methyl/N-ethyl adjacent to an activating group) is 1. The molecule has 1 fully saturated rings. The van der Waals surface area contributed by atoms with Crippen molar-refractivity contribution in [2.75, 3.05) is 33.4 Å². The van der Waals surface area contributed by atoms with E-state index < -0.39 is 0 Å². The molecule has 0 radical (unpaired) electrons.